The van der Waals surface area contributed by atoms with Gasteiger partial charge < -0.3 is 4.74 Å². The standard InChI is InChI=1S/C24H22N2O2/c1-4-13-28-23-12-11-19-7-5-6-8-21(19)22(23)16-25-26-24(27)15-20-14-17(2)9-10-18(20)3/h1,5-12,14,16H,13,15H2,2-3H3,(H,26,27)/b25-16-. The number of hydrogen-bond acceptors (Lipinski definition) is 3. The molecule has 0 saturated carbocycles. The smallest absolute Gasteiger partial charge is 0.244 e. The van der Waals surface area contributed by atoms with E-state index in [0.29, 0.717) is 5.75 Å². The first-order chi connectivity index (χ1) is 13.6. The highest BCUT2D eigenvalue weighted by molar-refractivity contribution is 6.02. The van der Waals surface area contributed by atoms with Gasteiger partial charge >= 0.3 is 0 Å². The number of rotatable bonds is 6. The molecule has 3 rings (SSSR count). The van der Waals surface area contributed by atoms with Crippen LogP contribution in [0.5, 0.6) is 5.75 Å². The highest BCUT2D eigenvalue weighted by Crippen LogP contribution is 2.26. The Kier molecular flexibility index (Phi) is 6.08. The van der Waals surface area contributed by atoms with Crippen LogP contribution in [-0.4, -0.2) is 18.7 Å². The Bertz CT molecular complexity index is 1080. The van der Waals surface area contributed by atoms with Crippen molar-refractivity contribution in [3.8, 4) is 18.1 Å². The fourth-order valence-corrected chi connectivity index (χ4v) is 3.03. The van der Waals surface area contributed by atoms with E-state index in [2.05, 4.69) is 16.4 Å². The Morgan fingerprint density at radius 2 is 2.00 bits per heavy atom. The van der Waals surface area contributed by atoms with E-state index in [-0.39, 0.29) is 18.9 Å². The van der Waals surface area contributed by atoms with E-state index >= 15 is 0 Å². The summed E-state index contributed by atoms with van der Waals surface area (Å²) in [5.74, 6) is 2.93. The van der Waals surface area contributed by atoms with E-state index in [0.717, 1.165) is 33.0 Å². The molecule has 0 aliphatic carbocycles. The van der Waals surface area contributed by atoms with E-state index in [1.54, 1.807) is 6.21 Å². The molecule has 0 aromatic heterocycles. The van der Waals surface area contributed by atoms with Crippen LogP contribution in [0, 0.1) is 26.2 Å². The van der Waals surface area contributed by atoms with Gasteiger partial charge in [-0.25, -0.2) is 5.43 Å². The molecule has 4 nitrogen and oxygen atoms in total. The normalized spacial score (nSPS) is 10.8. The number of carbonyl (C=O) groups is 1. The summed E-state index contributed by atoms with van der Waals surface area (Å²) < 4.78 is 5.64. The van der Waals surface area contributed by atoms with Crippen molar-refractivity contribution < 1.29 is 9.53 Å². The summed E-state index contributed by atoms with van der Waals surface area (Å²) in [6.45, 7) is 4.17. The van der Waals surface area contributed by atoms with E-state index in [9.17, 15) is 4.79 Å². The topological polar surface area (TPSA) is 50.7 Å². The first kappa shape index (κ1) is 19.2. The number of hydrogen-bond donors (Lipinski definition) is 1. The largest absolute Gasteiger partial charge is 0.480 e. The third kappa shape index (κ3) is 4.57. The first-order valence-electron chi connectivity index (χ1n) is 9.04. The van der Waals surface area contributed by atoms with Gasteiger partial charge in [0.05, 0.1) is 12.6 Å². The van der Waals surface area contributed by atoms with Gasteiger partial charge in [0, 0.05) is 5.56 Å². The molecule has 0 spiro atoms. The molecule has 140 valence electrons. The van der Waals surface area contributed by atoms with Crippen LogP contribution >= 0.6 is 0 Å². The Hall–Kier alpha value is -3.58. The Labute approximate surface area is 165 Å². The van der Waals surface area contributed by atoms with Crippen molar-refractivity contribution in [2.24, 2.45) is 5.10 Å². The summed E-state index contributed by atoms with van der Waals surface area (Å²) in [6.07, 6.45) is 7.19. The zero-order chi connectivity index (χ0) is 19.9. The number of aryl methyl sites for hydroxylation is 2. The van der Waals surface area contributed by atoms with Crippen LogP contribution in [0.25, 0.3) is 10.8 Å². The quantitative estimate of drug-likeness (QED) is 0.402. The molecule has 1 N–H and O–H groups in total. The third-order valence-electron chi connectivity index (χ3n) is 4.48. The number of hydrazone groups is 1. The zero-order valence-electron chi connectivity index (χ0n) is 16.0. The first-order valence-corrected chi connectivity index (χ1v) is 9.04. The number of fused-ring (bicyclic) bond motifs is 1. The molecule has 0 saturated heterocycles. The molecule has 0 bridgehead atoms. The van der Waals surface area contributed by atoms with E-state index in [1.807, 2.05) is 68.4 Å². The second-order valence-corrected chi connectivity index (χ2v) is 6.59. The maximum atomic E-state index is 12.3. The predicted octanol–water partition coefficient (Wildman–Crippen LogP) is 4.16. The summed E-state index contributed by atoms with van der Waals surface area (Å²) in [5, 5.41) is 6.18. The Morgan fingerprint density at radius 1 is 1.18 bits per heavy atom. The zero-order valence-corrected chi connectivity index (χ0v) is 16.0. The van der Waals surface area contributed by atoms with Crippen LogP contribution in [-0.2, 0) is 11.2 Å². The third-order valence-corrected chi connectivity index (χ3v) is 4.48. The summed E-state index contributed by atoms with van der Waals surface area (Å²) >= 11 is 0. The molecular weight excluding hydrogens is 348 g/mol. The summed E-state index contributed by atoms with van der Waals surface area (Å²) in [6, 6.07) is 17.8. The van der Waals surface area contributed by atoms with Gasteiger partial charge in [-0.3, -0.25) is 4.79 Å². The second-order valence-electron chi connectivity index (χ2n) is 6.59. The number of nitrogens with zero attached hydrogens (tertiary/aromatic N) is 1. The van der Waals surface area contributed by atoms with Crippen molar-refractivity contribution in [3.63, 3.8) is 0 Å². The molecule has 0 aliphatic rings. The highest BCUT2D eigenvalue weighted by Gasteiger charge is 2.08. The van der Waals surface area contributed by atoms with Crippen LogP contribution in [0.2, 0.25) is 0 Å². The van der Waals surface area contributed by atoms with Crippen LogP contribution < -0.4 is 10.2 Å². The average Bonchev–Trinajstić information content (AvgIpc) is 2.70. The van der Waals surface area contributed by atoms with Crippen molar-refractivity contribution in [1.29, 1.82) is 0 Å². The van der Waals surface area contributed by atoms with Gasteiger partial charge in [-0.05, 0) is 41.8 Å². The minimum atomic E-state index is -0.170. The van der Waals surface area contributed by atoms with Crippen LogP contribution in [0.15, 0.2) is 59.7 Å². The molecular formula is C24H22N2O2. The van der Waals surface area contributed by atoms with Crippen molar-refractivity contribution in [1.82, 2.24) is 5.43 Å². The van der Waals surface area contributed by atoms with Crippen molar-refractivity contribution >= 4 is 22.9 Å². The van der Waals surface area contributed by atoms with Crippen molar-refractivity contribution in [3.05, 3.63) is 76.9 Å². The Balaban J connectivity index is 1.79. The molecule has 0 atom stereocenters. The summed E-state index contributed by atoms with van der Waals surface area (Å²) in [4.78, 5) is 12.3. The number of ether oxygens (including phenoxy) is 1. The molecule has 3 aromatic carbocycles. The Morgan fingerprint density at radius 3 is 2.82 bits per heavy atom. The lowest BCUT2D eigenvalue weighted by atomic mass is 10.0. The minimum Gasteiger partial charge on any atom is -0.480 e. The molecule has 3 aromatic rings. The molecule has 0 radical (unpaired) electrons. The number of carbonyl (C=O) groups excluding carboxylic acids is 1. The maximum absolute atomic E-state index is 12.3. The maximum Gasteiger partial charge on any atom is 0.244 e. The fourth-order valence-electron chi connectivity index (χ4n) is 3.03. The molecule has 0 aliphatic heterocycles. The van der Waals surface area contributed by atoms with Gasteiger partial charge in [-0.1, -0.05) is 60.0 Å². The molecule has 0 fully saturated rings. The molecule has 4 heteroatoms. The monoisotopic (exact) mass is 370 g/mol. The van der Waals surface area contributed by atoms with Gasteiger partial charge in [-0.15, -0.1) is 6.42 Å². The van der Waals surface area contributed by atoms with Gasteiger partial charge in [-0.2, -0.15) is 5.10 Å². The SMILES string of the molecule is C#CCOc1ccc2ccccc2c1/C=N\NC(=O)Cc1cc(C)ccc1C. The minimum absolute atomic E-state index is 0.165. The number of amides is 1. The highest BCUT2D eigenvalue weighted by atomic mass is 16.5. The number of nitrogens with one attached hydrogen (secondary N) is 1. The van der Waals surface area contributed by atoms with E-state index < -0.39 is 0 Å². The molecule has 0 heterocycles. The molecule has 0 unspecified atom stereocenters. The van der Waals surface area contributed by atoms with Crippen molar-refractivity contribution in [2.75, 3.05) is 6.61 Å². The lowest BCUT2D eigenvalue weighted by Gasteiger charge is -2.10. The van der Waals surface area contributed by atoms with Gasteiger partial charge in [0.25, 0.3) is 0 Å². The second kappa shape index (κ2) is 8.88. The average molecular weight is 370 g/mol. The van der Waals surface area contributed by atoms with E-state index in [1.165, 1.54) is 0 Å². The fraction of sp³-hybridized carbons (Fsp3) is 0.167. The van der Waals surface area contributed by atoms with Crippen LogP contribution in [0.4, 0.5) is 0 Å². The summed E-state index contributed by atoms with van der Waals surface area (Å²) in [7, 11) is 0. The van der Waals surface area contributed by atoms with Gasteiger partial charge in [0.15, 0.2) is 0 Å². The van der Waals surface area contributed by atoms with E-state index in [4.69, 9.17) is 11.2 Å². The number of terminal acetylenes is 1. The molecule has 1 amide bonds. The van der Waals surface area contributed by atoms with Crippen LogP contribution in [0.1, 0.15) is 22.3 Å². The van der Waals surface area contributed by atoms with Gasteiger partial charge in [0.2, 0.25) is 5.91 Å². The van der Waals surface area contributed by atoms with Crippen LogP contribution in [0.3, 0.4) is 0 Å². The number of benzene rings is 3. The lowest BCUT2D eigenvalue weighted by molar-refractivity contribution is -0.120. The lowest BCUT2D eigenvalue weighted by Crippen LogP contribution is -2.20. The van der Waals surface area contributed by atoms with Crippen molar-refractivity contribution in [2.45, 2.75) is 20.3 Å². The molecule has 28 heavy (non-hydrogen) atoms. The summed E-state index contributed by atoms with van der Waals surface area (Å²) in [5.41, 5.74) is 6.60. The van der Waals surface area contributed by atoms with Gasteiger partial charge in [0.1, 0.15) is 12.4 Å². The predicted molar refractivity (Wildman–Crippen MR) is 114 cm³/mol.